The molecule has 1 unspecified atom stereocenters. The summed E-state index contributed by atoms with van der Waals surface area (Å²) in [5.74, 6) is -0.655. The van der Waals surface area contributed by atoms with Gasteiger partial charge in [-0.05, 0) is 17.7 Å². The lowest BCUT2D eigenvalue weighted by atomic mass is 10.1. The molecule has 1 aromatic rings. The number of carbonyl (C=O) groups is 3. The number of benzene rings is 1. The Hall–Kier alpha value is -2.37. The van der Waals surface area contributed by atoms with E-state index in [-0.39, 0.29) is 12.5 Å². The number of hydrogen-bond acceptors (Lipinski definition) is 5. The molecule has 1 atom stereocenters. The number of hydrogen-bond donors (Lipinski definition) is 0. The van der Waals surface area contributed by atoms with E-state index in [1.807, 2.05) is 0 Å². The van der Waals surface area contributed by atoms with E-state index in [1.165, 1.54) is 25.7 Å². The second-order valence-corrected chi connectivity index (χ2v) is 4.66. The quantitative estimate of drug-likeness (QED) is 0.610. The minimum atomic E-state index is -0.619. The van der Waals surface area contributed by atoms with E-state index in [2.05, 4.69) is 0 Å². The summed E-state index contributed by atoms with van der Waals surface area (Å²) in [4.78, 5) is 35.0. The Bertz CT molecular complexity index is 541. The first kappa shape index (κ1) is 16.7. The zero-order valence-corrected chi connectivity index (χ0v) is 12.6. The van der Waals surface area contributed by atoms with E-state index in [1.54, 1.807) is 31.3 Å². The molecule has 0 aromatic heterocycles. The molecule has 0 aliphatic heterocycles. The van der Waals surface area contributed by atoms with Crippen LogP contribution in [-0.2, 0) is 19.1 Å². The lowest BCUT2D eigenvalue weighted by Crippen LogP contribution is -2.30. The van der Waals surface area contributed by atoms with Crippen LogP contribution in [0.15, 0.2) is 24.3 Å². The molecule has 6 nitrogen and oxygen atoms in total. The number of likely N-dealkylation sites (N-methyl/N-ethyl adjacent to an activating group) is 1. The predicted octanol–water partition coefficient (Wildman–Crippen LogP) is 1.69. The molecule has 0 aliphatic rings. The largest absolute Gasteiger partial charge is 0.456 e. The summed E-state index contributed by atoms with van der Waals surface area (Å²) < 4.78 is 10.2. The van der Waals surface area contributed by atoms with Gasteiger partial charge in [-0.1, -0.05) is 12.1 Å². The van der Waals surface area contributed by atoms with Crippen LogP contribution in [0.25, 0.3) is 0 Å². The monoisotopic (exact) mass is 293 g/mol. The highest BCUT2D eigenvalue weighted by molar-refractivity contribution is 5.73. The lowest BCUT2D eigenvalue weighted by Gasteiger charge is -2.23. The van der Waals surface area contributed by atoms with Gasteiger partial charge in [-0.2, -0.15) is 0 Å². The highest BCUT2D eigenvalue weighted by atomic mass is 16.5. The molecule has 0 heterocycles. The molecule has 114 valence electrons. The molecule has 1 rings (SSSR count). The first-order valence-electron chi connectivity index (χ1n) is 6.47. The van der Waals surface area contributed by atoms with Crippen LogP contribution in [0.4, 0.5) is 0 Å². The van der Waals surface area contributed by atoms with Crippen LogP contribution in [0.1, 0.15) is 32.4 Å². The minimum Gasteiger partial charge on any atom is -0.456 e. The molecular weight excluding hydrogens is 274 g/mol. The summed E-state index contributed by atoms with van der Waals surface area (Å²) in [5, 5.41) is 0. The van der Waals surface area contributed by atoms with Crippen LogP contribution < -0.4 is 4.74 Å². The van der Waals surface area contributed by atoms with Gasteiger partial charge in [0.15, 0.2) is 0 Å². The van der Waals surface area contributed by atoms with Gasteiger partial charge in [-0.15, -0.1) is 0 Å². The van der Waals surface area contributed by atoms with Crippen molar-refractivity contribution in [2.45, 2.75) is 26.9 Å². The summed E-state index contributed by atoms with van der Waals surface area (Å²) >= 11 is 0. The number of carbonyl (C=O) groups excluding carboxylic acids is 3. The highest BCUT2D eigenvalue weighted by Gasteiger charge is 2.19. The standard InChI is InChI=1S/C15H19NO5/c1-10(17)16(4)9-15(21-12(3)19)13-6-5-7-14(8-13)20-11(2)18/h5-8,15H,9H2,1-4H3. The van der Waals surface area contributed by atoms with Crippen molar-refractivity contribution in [2.75, 3.05) is 13.6 Å². The van der Waals surface area contributed by atoms with E-state index in [4.69, 9.17) is 9.47 Å². The highest BCUT2D eigenvalue weighted by Crippen LogP contribution is 2.23. The zero-order valence-electron chi connectivity index (χ0n) is 12.6. The average molecular weight is 293 g/mol. The lowest BCUT2D eigenvalue weighted by molar-refractivity contribution is -0.149. The van der Waals surface area contributed by atoms with Gasteiger partial charge in [-0.25, -0.2) is 0 Å². The SMILES string of the molecule is CC(=O)Oc1cccc(C(CN(C)C(C)=O)OC(C)=O)c1. The number of nitrogens with zero attached hydrogens (tertiary/aromatic N) is 1. The second kappa shape index (κ2) is 7.42. The van der Waals surface area contributed by atoms with E-state index >= 15 is 0 Å². The normalized spacial score (nSPS) is 11.4. The molecule has 0 spiro atoms. The van der Waals surface area contributed by atoms with Gasteiger partial charge >= 0.3 is 11.9 Å². The third kappa shape index (κ3) is 5.64. The summed E-state index contributed by atoms with van der Waals surface area (Å²) in [7, 11) is 1.62. The smallest absolute Gasteiger partial charge is 0.308 e. The average Bonchev–Trinajstić information content (AvgIpc) is 2.36. The summed E-state index contributed by atoms with van der Waals surface area (Å²) in [6.45, 7) is 4.26. The fourth-order valence-corrected chi connectivity index (χ4v) is 1.73. The number of esters is 2. The molecule has 1 aromatic carbocycles. The van der Waals surface area contributed by atoms with E-state index < -0.39 is 18.0 Å². The Kier molecular flexibility index (Phi) is 5.90. The molecule has 0 saturated heterocycles. The fourth-order valence-electron chi connectivity index (χ4n) is 1.73. The van der Waals surface area contributed by atoms with Crippen molar-refractivity contribution < 1.29 is 23.9 Å². The number of amides is 1. The van der Waals surface area contributed by atoms with Crippen LogP contribution in [-0.4, -0.2) is 36.3 Å². The first-order valence-corrected chi connectivity index (χ1v) is 6.47. The molecule has 0 radical (unpaired) electrons. The summed E-state index contributed by atoms with van der Waals surface area (Å²) in [5.41, 5.74) is 0.650. The molecule has 0 N–H and O–H groups in total. The van der Waals surface area contributed by atoms with Gasteiger partial charge in [0.05, 0.1) is 6.54 Å². The van der Waals surface area contributed by atoms with Gasteiger partial charge in [0, 0.05) is 27.8 Å². The van der Waals surface area contributed by atoms with Crippen LogP contribution in [0, 0.1) is 0 Å². The molecule has 21 heavy (non-hydrogen) atoms. The Balaban J connectivity index is 2.99. The molecule has 0 bridgehead atoms. The van der Waals surface area contributed by atoms with Crippen LogP contribution in [0.3, 0.4) is 0 Å². The van der Waals surface area contributed by atoms with Crippen molar-refractivity contribution in [1.29, 1.82) is 0 Å². The molecule has 1 amide bonds. The maximum absolute atomic E-state index is 11.3. The van der Waals surface area contributed by atoms with Crippen molar-refractivity contribution in [2.24, 2.45) is 0 Å². The Morgan fingerprint density at radius 1 is 1.14 bits per heavy atom. The van der Waals surface area contributed by atoms with Gasteiger partial charge in [-0.3, -0.25) is 14.4 Å². The molecule has 0 aliphatic carbocycles. The first-order chi connectivity index (χ1) is 9.79. The van der Waals surface area contributed by atoms with Crippen LogP contribution in [0.5, 0.6) is 5.75 Å². The number of ether oxygens (including phenoxy) is 2. The maximum Gasteiger partial charge on any atom is 0.308 e. The van der Waals surface area contributed by atoms with Crippen molar-refractivity contribution >= 4 is 17.8 Å². The Morgan fingerprint density at radius 3 is 2.33 bits per heavy atom. The third-order valence-corrected chi connectivity index (χ3v) is 2.78. The van der Waals surface area contributed by atoms with Crippen LogP contribution >= 0.6 is 0 Å². The van der Waals surface area contributed by atoms with E-state index in [0.29, 0.717) is 11.3 Å². The second-order valence-electron chi connectivity index (χ2n) is 4.66. The molecule has 0 saturated carbocycles. The van der Waals surface area contributed by atoms with Gasteiger partial charge < -0.3 is 14.4 Å². The summed E-state index contributed by atoms with van der Waals surface area (Å²) in [6.07, 6.45) is -0.619. The predicted molar refractivity (Wildman–Crippen MR) is 75.6 cm³/mol. The van der Waals surface area contributed by atoms with Crippen LogP contribution in [0.2, 0.25) is 0 Å². The molecule has 0 fully saturated rings. The molecular formula is C15H19NO5. The van der Waals surface area contributed by atoms with Gasteiger partial charge in [0.2, 0.25) is 5.91 Å². The van der Waals surface area contributed by atoms with Crippen molar-refractivity contribution in [3.8, 4) is 5.75 Å². The van der Waals surface area contributed by atoms with Crippen molar-refractivity contribution in [3.63, 3.8) is 0 Å². The number of rotatable bonds is 5. The Labute approximate surface area is 123 Å². The molecule has 6 heteroatoms. The Morgan fingerprint density at radius 2 is 1.81 bits per heavy atom. The summed E-state index contributed by atoms with van der Waals surface area (Å²) in [6, 6.07) is 6.68. The van der Waals surface area contributed by atoms with Gasteiger partial charge in [0.25, 0.3) is 0 Å². The van der Waals surface area contributed by atoms with E-state index in [9.17, 15) is 14.4 Å². The minimum absolute atomic E-state index is 0.136. The van der Waals surface area contributed by atoms with Crippen molar-refractivity contribution in [1.82, 2.24) is 4.90 Å². The zero-order chi connectivity index (χ0) is 16.0. The maximum atomic E-state index is 11.3. The van der Waals surface area contributed by atoms with E-state index in [0.717, 1.165) is 0 Å². The topological polar surface area (TPSA) is 72.9 Å². The third-order valence-electron chi connectivity index (χ3n) is 2.78. The van der Waals surface area contributed by atoms with Gasteiger partial charge in [0.1, 0.15) is 11.9 Å². The fraction of sp³-hybridized carbons (Fsp3) is 0.400. The van der Waals surface area contributed by atoms with Crippen molar-refractivity contribution in [3.05, 3.63) is 29.8 Å².